The minimum Gasteiger partial charge on any atom is -0.454 e. The third kappa shape index (κ3) is 2.91. The van der Waals surface area contributed by atoms with Gasteiger partial charge in [-0.2, -0.15) is 5.10 Å². The number of aromatic nitrogens is 3. The van der Waals surface area contributed by atoms with Gasteiger partial charge < -0.3 is 20.1 Å². The number of hydrogen-bond donors (Lipinski definition) is 2. The molecule has 0 saturated heterocycles. The largest absolute Gasteiger partial charge is 0.454 e. The molecule has 0 aliphatic carbocycles. The van der Waals surface area contributed by atoms with Gasteiger partial charge in [-0.1, -0.05) is 0 Å². The predicted molar refractivity (Wildman–Crippen MR) is 106 cm³/mol. The summed E-state index contributed by atoms with van der Waals surface area (Å²) >= 11 is 0. The summed E-state index contributed by atoms with van der Waals surface area (Å²) < 4.78 is 13.9. The number of pyridine rings is 1. The minimum atomic E-state index is -0.467. The predicted octanol–water partition coefficient (Wildman–Crippen LogP) is 2.14. The topological polar surface area (TPSA) is 99.4 Å². The van der Waals surface area contributed by atoms with Crippen LogP contribution in [-0.4, -0.2) is 33.6 Å². The number of anilines is 2. The Kier molecular flexibility index (Phi) is 4.01. The number of hydrogen-bond acceptors (Lipinski definition) is 6. The molecule has 0 unspecified atom stereocenters. The second-order valence-electron chi connectivity index (χ2n) is 6.95. The van der Waals surface area contributed by atoms with E-state index in [4.69, 9.17) is 9.47 Å². The zero-order valence-electron chi connectivity index (χ0n) is 15.8. The zero-order valence-corrected chi connectivity index (χ0v) is 15.8. The summed E-state index contributed by atoms with van der Waals surface area (Å²) in [6, 6.07) is 6.96. The maximum absolute atomic E-state index is 13.1. The molecule has 2 aliphatic heterocycles. The molecule has 2 N–H and O–H groups in total. The first-order chi connectivity index (χ1) is 14.1. The van der Waals surface area contributed by atoms with Crippen LogP contribution in [0.5, 0.6) is 11.5 Å². The second kappa shape index (κ2) is 6.69. The van der Waals surface area contributed by atoms with Crippen molar-refractivity contribution in [1.82, 2.24) is 14.3 Å². The van der Waals surface area contributed by atoms with Crippen LogP contribution < -0.4 is 25.7 Å². The molecule has 0 atom stereocenters. The third-order valence-corrected chi connectivity index (χ3v) is 5.09. The lowest BCUT2D eigenvalue weighted by atomic mass is 10.1. The van der Waals surface area contributed by atoms with Gasteiger partial charge in [0.1, 0.15) is 17.1 Å². The summed E-state index contributed by atoms with van der Waals surface area (Å²) in [7, 11) is 0. The Labute approximate surface area is 165 Å². The number of ether oxygens (including phenoxy) is 2. The van der Waals surface area contributed by atoms with Crippen molar-refractivity contribution in [3.05, 3.63) is 58.1 Å². The summed E-state index contributed by atoms with van der Waals surface area (Å²) in [4.78, 5) is 26.1. The van der Waals surface area contributed by atoms with E-state index < -0.39 is 11.5 Å². The molecule has 4 heterocycles. The summed E-state index contributed by atoms with van der Waals surface area (Å²) in [6.07, 6.45) is 4.22. The lowest BCUT2D eigenvalue weighted by Crippen LogP contribution is -2.29. The molecule has 0 bridgehead atoms. The normalized spacial score (nSPS) is 14.2. The van der Waals surface area contributed by atoms with E-state index in [-0.39, 0.29) is 12.4 Å². The minimum absolute atomic E-state index is 0.0842. The fraction of sp³-hybridized carbons (Fsp3) is 0.250. The van der Waals surface area contributed by atoms with Gasteiger partial charge >= 0.3 is 0 Å². The Bertz CT molecular complexity index is 1180. The molecule has 1 aromatic carbocycles. The molecular formula is C20H19N5O4. The molecule has 0 spiro atoms. The van der Waals surface area contributed by atoms with E-state index >= 15 is 0 Å². The molecule has 9 heteroatoms. The Balaban J connectivity index is 1.50. The maximum Gasteiger partial charge on any atom is 0.268 e. The Morgan fingerprint density at radius 1 is 1.24 bits per heavy atom. The SMILES string of the molecule is Cc1ccn(-c2ccc3c(c2)OCO3)c(=O)c1C(=O)Nc1cnn2c1NCCC2. The number of carbonyl (C=O) groups is 1. The van der Waals surface area contributed by atoms with Crippen molar-refractivity contribution < 1.29 is 14.3 Å². The van der Waals surface area contributed by atoms with Crippen LogP contribution in [0.3, 0.4) is 0 Å². The molecule has 0 fully saturated rings. The fourth-order valence-electron chi connectivity index (χ4n) is 3.59. The number of fused-ring (bicyclic) bond motifs is 2. The van der Waals surface area contributed by atoms with E-state index in [1.807, 2.05) is 4.68 Å². The van der Waals surface area contributed by atoms with Crippen LogP contribution in [0.2, 0.25) is 0 Å². The number of nitrogens with zero attached hydrogens (tertiary/aromatic N) is 3. The number of rotatable bonds is 3. The Hall–Kier alpha value is -3.75. The molecule has 5 rings (SSSR count). The molecule has 9 nitrogen and oxygen atoms in total. The van der Waals surface area contributed by atoms with Crippen LogP contribution in [0.25, 0.3) is 5.69 Å². The van der Waals surface area contributed by atoms with Gasteiger partial charge in [0.05, 0.1) is 11.9 Å². The van der Waals surface area contributed by atoms with Crippen LogP contribution in [0.1, 0.15) is 22.3 Å². The highest BCUT2D eigenvalue weighted by molar-refractivity contribution is 6.06. The van der Waals surface area contributed by atoms with Crippen molar-refractivity contribution >= 4 is 17.4 Å². The van der Waals surface area contributed by atoms with Gasteiger partial charge in [0.2, 0.25) is 6.79 Å². The molecule has 3 aromatic rings. The van der Waals surface area contributed by atoms with Gasteiger partial charge in [0.15, 0.2) is 11.5 Å². The van der Waals surface area contributed by atoms with Crippen molar-refractivity contribution in [2.45, 2.75) is 19.9 Å². The lowest BCUT2D eigenvalue weighted by Gasteiger charge is -2.17. The van der Waals surface area contributed by atoms with Gasteiger partial charge in [0, 0.05) is 25.4 Å². The van der Waals surface area contributed by atoms with E-state index in [9.17, 15) is 9.59 Å². The molecule has 2 aromatic heterocycles. The second-order valence-corrected chi connectivity index (χ2v) is 6.95. The van der Waals surface area contributed by atoms with Crippen molar-refractivity contribution in [2.75, 3.05) is 24.0 Å². The van der Waals surface area contributed by atoms with Crippen molar-refractivity contribution in [1.29, 1.82) is 0 Å². The van der Waals surface area contributed by atoms with Crippen LogP contribution in [-0.2, 0) is 6.54 Å². The first kappa shape index (κ1) is 17.4. The maximum atomic E-state index is 13.1. The number of carbonyl (C=O) groups excluding carboxylic acids is 1. The highest BCUT2D eigenvalue weighted by Gasteiger charge is 2.21. The standard InChI is InChI=1S/C20H19N5O4/c1-12-5-8-24(13-3-4-15-16(9-13)29-11-28-15)20(27)17(12)19(26)23-14-10-22-25-7-2-6-21-18(14)25/h3-5,8-10,21H,2,6-7,11H2,1H3,(H,23,26). The summed E-state index contributed by atoms with van der Waals surface area (Å²) in [5.74, 6) is 1.49. The van der Waals surface area contributed by atoms with Gasteiger partial charge in [-0.25, -0.2) is 4.68 Å². The molecule has 0 saturated carbocycles. The van der Waals surface area contributed by atoms with Gasteiger partial charge in [-0.15, -0.1) is 0 Å². The van der Waals surface area contributed by atoms with E-state index in [0.29, 0.717) is 28.4 Å². The number of benzene rings is 1. The summed E-state index contributed by atoms with van der Waals surface area (Å²) in [5, 5.41) is 10.3. The first-order valence-electron chi connectivity index (χ1n) is 9.35. The summed E-state index contributed by atoms with van der Waals surface area (Å²) in [5.41, 5.74) is 1.43. The van der Waals surface area contributed by atoms with Crippen LogP contribution in [0.4, 0.5) is 11.5 Å². The average Bonchev–Trinajstić information content (AvgIpc) is 3.35. The smallest absolute Gasteiger partial charge is 0.268 e. The first-order valence-corrected chi connectivity index (χ1v) is 9.35. The molecule has 1 amide bonds. The van der Waals surface area contributed by atoms with Crippen molar-refractivity contribution in [2.24, 2.45) is 0 Å². The van der Waals surface area contributed by atoms with Gasteiger partial charge in [-0.3, -0.25) is 14.2 Å². The quantitative estimate of drug-likeness (QED) is 0.707. The van der Waals surface area contributed by atoms with Crippen LogP contribution in [0, 0.1) is 6.92 Å². The van der Waals surface area contributed by atoms with E-state index in [2.05, 4.69) is 15.7 Å². The average molecular weight is 393 g/mol. The third-order valence-electron chi connectivity index (χ3n) is 5.09. The molecule has 148 valence electrons. The molecule has 2 aliphatic rings. The number of aryl methyl sites for hydroxylation is 2. The Morgan fingerprint density at radius 3 is 3.00 bits per heavy atom. The lowest BCUT2D eigenvalue weighted by molar-refractivity contribution is 0.102. The number of amides is 1. The number of nitrogens with one attached hydrogen (secondary N) is 2. The fourth-order valence-corrected chi connectivity index (χ4v) is 3.59. The zero-order chi connectivity index (χ0) is 20.0. The van der Waals surface area contributed by atoms with E-state index in [0.717, 1.165) is 25.3 Å². The summed E-state index contributed by atoms with van der Waals surface area (Å²) in [6.45, 7) is 3.50. The van der Waals surface area contributed by atoms with Crippen molar-refractivity contribution in [3.8, 4) is 17.2 Å². The Morgan fingerprint density at radius 2 is 2.10 bits per heavy atom. The van der Waals surface area contributed by atoms with E-state index in [1.165, 1.54) is 4.57 Å². The van der Waals surface area contributed by atoms with Gasteiger partial charge in [0.25, 0.3) is 11.5 Å². The molecular weight excluding hydrogens is 374 g/mol. The highest BCUT2D eigenvalue weighted by Crippen LogP contribution is 2.33. The highest BCUT2D eigenvalue weighted by atomic mass is 16.7. The monoisotopic (exact) mass is 393 g/mol. The molecule has 0 radical (unpaired) electrons. The van der Waals surface area contributed by atoms with Crippen molar-refractivity contribution in [3.63, 3.8) is 0 Å². The van der Waals surface area contributed by atoms with Crippen LogP contribution in [0.15, 0.2) is 41.5 Å². The van der Waals surface area contributed by atoms with Gasteiger partial charge in [-0.05, 0) is 37.1 Å². The molecule has 29 heavy (non-hydrogen) atoms. The van der Waals surface area contributed by atoms with Crippen LogP contribution >= 0.6 is 0 Å². The van der Waals surface area contributed by atoms with E-state index in [1.54, 1.807) is 43.6 Å².